The van der Waals surface area contributed by atoms with Gasteiger partial charge in [-0.2, -0.15) is 0 Å². The maximum atomic E-state index is 5.78. The number of rotatable bonds is 7. The summed E-state index contributed by atoms with van der Waals surface area (Å²) in [6.07, 6.45) is 13.0. The molecule has 3 aromatic carbocycles. The van der Waals surface area contributed by atoms with Crippen LogP contribution < -0.4 is 14.8 Å². The van der Waals surface area contributed by atoms with Crippen molar-refractivity contribution in [2.45, 2.75) is 32.2 Å². The molecule has 0 fully saturated rings. The summed E-state index contributed by atoms with van der Waals surface area (Å²) in [4.78, 5) is 4.72. The molecule has 0 aromatic heterocycles. The number of terminal acetylenes is 1. The molecule has 3 atom stereocenters. The molecule has 1 heterocycles. The molecule has 3 aromatic rings. The number of hydrogen-bond acceptors (Lipinski definition) is 4. The Hall–Kier alpha value is -3.24. The van der Waals surface area contributed by atoms with E-state index in [-0.39, 0.29) is 12.6 Å². The summed E-state index contributed by atoms with van der Waals surface area (Å²) in [6, 6.07) is 19.6. The van der Waals surface area contributed by atoms with Crippen LogP contribution in [0.5, 0.6) is 11.5 Å². The number of nitrogens with one attached hydrogen (secondary N) is 1. The molecular weight excluding hydrogens is 559 g/mol. The number of anilines is 1. The van der Waals surface area contributed by atoms with E-state index in [0.717, 1.165) is 21.2 Å². The molecule has 182 valence electrons. The van der Waals surface area contributed by atoms with Gasteiger partial charge in [0.1, 0.15) is 6.61 Å². The van der Waals surface area contributed by atoms with Gasteiger partial charge >= 0.3 is 0 Å². The normalized spacial score (nSPS) is 19.9. The highest BCUT2D eigenvalue weighted by Gasteiger charge is 2.37. The molecule has 1 aliphatic carbocycles. The minimum Gasteiger partial charge on any atom is -0.490 e. The molecule has 5 rings (SSSR count). The molecule has 0 amide bonds. The molecule has 1 N–H and O–H groups in total. The third-order valence-electron chi connectivity index (χ3n) is 6.76. The lowest BCUT2D eigenvalue weighted by molar-refractivity contribution is 0.298. The first kappa shape index (κ1) is 24.5. The van der Waals surface area contributed by atoms with Crippen LogP contribution in [0.15, 0.2) is 71.7 Å². The molecular formula is C31H29IN2O2. The zero-order chi connectivity index (χ0) is 25.1. The zero-order valence-electron chi connectivity index (χ0n) is 20.5. The highest BCUT2D eigenvalue weighted by atomic mass is 127. The van der Waals surface area contributed by atoms with Crippen LogP contribution in [0.3, 0.4) is 0 Å². The van der Waals surface area contributed by atoms with E-state index in [2.05, 4.69) is 95.4 Å². The van der Waals surface area contributed by atoms with Gasteiger partial charge in [0.25, 0.3) is 0 Å². The predicted molar refractivity (Wildman–Crippen MR) is 156 cm³/mol. The molecule has 4 nitrogen and oxygen atoms in total. The Morgan fingerprint density at radius 3 is 2.75 bits per heavy atom. The summed E-state index contributed by atoms with van der Waals surface area (Å²) in [7, 11) is 0. The number of aryl methyl sites for hydroxylation is 1. The van der Waals surface area contributed by atoms with Crippen molar-refractivity contribution in [3.05, 3.63) is 92.6 Å². The second-order valence-electron chi connectivity index (χ2n) is 9.17. The van der Waals surface area contributed by atoms with E-state index in [9.17, 15) is 0 Å². The Balaban J connectivity index is 1.35. The Labute approximate surface area is 227 Å². The van der Waals surface area contributed by atoms with Crippen LogP contribution >= 0.6 is 22.6 Å². The summed E-state index contributed by atoms with van der Waals surface area (Å²) in [6.45, 7) is 4.86. The Morgan fingerprint density at radius 1 is 1.14 bits per heavy atom. The summed E-state index contributed by atoms with van der Waals surface area (Å²) in [5.74, 6) is 4.86. The zero-order valence-corrected chi connectivity index (χ0v) is 22.7. The van der Waals surface area contributed by atoms with E-state index < -0.39 is 0 Å². The third kappa shape index (κ3) is 5.01. The molecule has 5 heteroatoms. The average molecular weight is 588 g/mol. The van der Waals surface area contributed by atoms with Gasteiger partial charge in [-0.15, -0.1) is 6.42 Å². The van der Waals surface area contributed by atoms with E-state index in [0.29, 0.717) is 29.9 Å². The van der Waals surface area contributed by atoms with Crippen molar-refractivity contribution in [3.8, 4) is 23.8 Å². The van der Waals surface area contributed by atoms with Crippen LogP contribution in [0.2, 0.25) is 0 Å². The number of nitrogens with zero attached hydrogens (tertiary/aromatic N) is 1. The van der Waals surface area contributed by atoms with Crippen molar-refractivity contribution in [1.82, 2.24) is 0 Å². The lowest BCUT2D eigenvalue weighted by Gasteiger charge is -2.37. The average Bonchev–Trinajstić information content (AvgIpc) is 3.38. The Kier molecular flexibility index (Phi) is 7.33. The fourth-order valence-electron chi connectivity index (χ4n) is 5.14. The van der Waals surface area contributed by atoms with E-state index in [1.807, 2.05) is 25.3 Å². The van der Waals surface area contributed by atoms with Gasteiger partial charge in [-0.1, -0.05) is 47.9 Å². The predicted octanol–water partition coefficient (Wildman–Crippen LogP) is 7.59. The van der Waals surface area contributed by atoms with Crippen molar-refractivity contribution in [2.24, 2.45) is 10.9 Å². The summed E-state index contributed by atoms with van der Waals surface area (Å²) in [5.41, 5.74) is 7.13. The van der Waals surface area contributed by atoms with Gasteiger partial charge in [-0.05, 0) is 95.8 Å². The van der Waals surface area contributed by atoms with E-state index >= 15 is 0 Å². The topological polar surface area (TPSA) is 42.8 Å². The van der Waals surface area contributed by atoms with Crippen molar-refractivity contribution in [3.63, 3.8) is 0 Å². The number of aliphatic imine (C=N–C) groups is 1. The van der Waals surface area contributed by atoms with Crippen molar-refractivity contribution < 1.29 is 9.47 Å². The second kappa shape index (κ2) is 10.8. The lowest BCUT2D eigenvalue weighted by Crippen LogP contribution is -2.29. The first-order chi connectivity index (χ1) is 17.6. The summed E-state index contributed by atoms with van der Waals surface area (Å²) in [5, 5.41) is 3.82. The van der Waals surface area contributed by atoms with Crippen molar-refractivity contribution >= 4 is 40.2 Å². The van der Waals surface area contributed by atoms with Crippen LogP contribution in [0.4, 0.5) is 11.4 Å². The van der Waals surface area contributed by atoms with E-state index in [1.165, 1.54) is 22.4 Å². The number of ether oxygens (including phenoxy) is 2. The maximum absolute atomic E-state index is 5.78. The van der Waals surface area contributed by atoms with Crippen LogP contribution in [-0.4, -0.2) is 19.4 Å². The van der Waals surface area contributed by atoms with Crippen LogP contribution in [0.1, 0.15) is 47.6 Å². The van der Waals surface area contributed by atoms with Gasteiger partial charge in [-0.25, -0.2) is 0 Å². The molecule has 1 aliphatic heterocycles. The van der Waals surface area contributed by atoms with E-state index in [1.54, 1.807) is 0 Å². The van der Waals surface area contributed by atoms with Gasteiger partial charge < -0.3 is 14.8 Å². The SMILES string of the molecule is C#CCOc1c(I)cc(C=Nc2ccc([C@@H]3Nc4ccc(C)cc4[C@@H]4C=CC[C@H]43)cc2)cc1OCC. The molecule has 2 aliphatic rings. The van der Waals surface area contributed by atoms with Gasteiger partial charge in [0.2, 0.25) is 0 Å². The molecule has 36 heavy (non-hydrogen) atoms. The van der Waals surface area contributed by atoms with Crippen molar-refractivity contribution in [2.75, 3.05) is 18.5 Å². The third-order valence-corrected chi connectivity index (χ3v) is 7.57. The molecule has 0 saturated carbocycles. The summed E-state index contributed by atoms with van der Waals surface area (Å²) < 4.78 is 12.4. The highest BCUT2D eigenvalue weighted by Crippen LogP contribution is 2.50. The largest absolute Gasteiger partial charge is 0.490 e. The Morgan fingerprint density at radius 2 is 1.97 bits per heavy atom. The number of allylic oxidation sites excluding steroid dienone is 2. The fourth-order valence-corrected chi connectivity index (χ4v) is 5.92. The number of fused-ring (bicyclic) bond motifs is 3. The first-order valence-corrected chi connectivity index (χ1v) is 13.4. The van der Waals surface area contributed by atoms with Crippen LogP contribution in [-0.2, 0) is 0 Å². The number of halogens is 1. The van der Waals surface area contributed by atoms with Crippen LogP contribution in [0.25, 0.3) is 0 Å². The second-order valence-corrected chi connectivity index (χ2v) is 10.3. The van der Waals surface area contributed by atoms with Gasteiger partial charge in [0, 0.05) is 17.8 Å². The summed E-state index contributed by atoms with van der Waals surface area (Å²) >= 11 is 2.24. The minimum atomic E-state index is 0.203. The quantitative estimate of drug-likeness (QED) is 0.134. The van der Waals surface area contributed by atoms with Crippen LogP contribution in [0, 0.1) is 28.8 Å². The molecule has 0 radical (unpaired) electrons. The standard InChI is InChI=1S/C31H29IN2O2/c1-4-15-36-31-27(32)17-21(18-29(31)35-5-2)19-33-23-12-10-22(11-13-23)30-25-8-6-7-24(25)26-16-20(3)9-14-28(26)34-30/h1,6-7,9-14,16-19,24-25,30,34H,5,8,15H2,2-3H3/t24-,25-,30+/m1/s1. The monoisotopic (exact) mass is 588 g/mol. The smallest absolute Gasteiger partial charge is 0.175 e. The molecule has 0 saturated heterocycles. The van der Waals surface area contributed by atoms with Gasteiger partial charge in [-0.3, -0.25) is 4.99 Å². The number of hydrogen-bond donors (Lipinski definition) is 1. The lowest BCUT2D eigenvalue weighted by atomic mass is 9.76. The van der Waals surface area contributed by atoms with Gasteiger partial charge in [0.15, 0.2) is 11.5 Å². The highest BCUT2D eigenvalue weighted by molar-refractivity contribution is 14.1. The molecule has 0 unspecified atom stereocenters. The maximum Gasteiger partial charge on any atom is 0.175 e. The minimum absolute atomic E-state index is 0.203. The molecule has 0 bridgehead atoms. The Bertz CT molecular complexity index is 1350. The van der Waals surface area contributed by atoms with E-state index in [4.69, 9.17) is 20.9 Å². The fraction of sp³-hybridized carbons (Fsp3) is 0.258. The first-order valence-electron chi connectivity index (χ1n) is 12.3. The number of benzene rings is 3. The van der Waals surface area contributed by atoms with Crippen molar-refractivity contribution in [1.29, 1.82) is 0 Å². The van der Waals surface area contributed by atoms with Gasteiger partial charge in [0.05, 0.1) is 21.9 Å². The molecule has 0 spiro atoms.